The average Bonchev–Trinajstić information content (AvgIpc) is 3.48. The van der Waals surface area contributed by atoms with E-state index in [-0.39, 0.29) is 29.4 Å². The Morgan fingerprint density at radius 2 is 1.78 bits per heavy atom. The second-order valence-corrected chi connectivity index (χ2v) is 11.2. The lowest BCUT2D eigenvalue weighted by Crippen LogP contribution is -2.58. The Bertz CT molecular complexity index is 981. The van der Waals surface area contributed by atoms with Crippen molar-refractivity contribution < 1.29 is 24.3 Å². The van der Waals surface area contributed by atoms with Gasteiger partial charge >= 0.3 is 5.97 Å². The van der Waals surface area contributed by atoms with E-state index in [9.17, 15) is 24.3 Å². The van der Waals surface area contributed by atoms with E-state index < -0.39 is 35.9 Å². The number of rotatable bonds is 9. The summed E-state index contributed by atoms with van der Waals surface area (Å²) in [6.07, 6.45) is 12.8. The maximum Gasteiger partial charge on any atom is 0.326 e. The molecule has 3 N–H and O–H groups in total. The standard InChI is InChI=1S/C27H39N5O5/c1-16(2)22(26(35)32-15-18-9-6-10-19(18)23(32)27(36)37)31-24(33)20(13-17-7-4-3-5-8-17)30-25(34)21-14-28-11-12-29-21/h11-12,14,16-20,22-23H,3-10,13,15H2,1-2H3,(H,30,34)(H,31,33)(H,36,37)/t18?,19-,20-,22-,23-/m0/s1. The SMILES string of the molecule is CC(C)[C@H](NC(=O)[C@H](CC1CCCCC1)NC(=O)c1cnccn1)C(=O)N1CC2CCC[C@@H]2[C@H]1C(=O)O. The molecule has 1 unspecified atom stereocenters. The minimum atomic E-state index is -0.983. The second kappa shape index (κ2) is 12.0. The molecule has 2 aliphatic carbocycles. The van der Waals surface area contributed by atoms with Crippen LogP contribution in [0.2, 0.25) is 0 Å². The monoisotopic (exact) mass is 513 g/mol. The van der Waals surface area contributed by atoms with Gasteiger partial charge in [0.25, 0.3) is 5.91 Å². The highest BCUT2D eigenvalue weighted by Gasteiger charge is 2.51. The van der Waals surface area contributed by atoms with Crippen molar-refractivity contribution in [2.45, 2.75) is 89.8 Å². The number of nitrogens with one attached hydrogen (secondary N) is 2. The molecule has 202 valence electrons. The van der Waals surface area contributed by atoms with Gasteiger partial charge in [-0.15, -0.1) is 0 Å². The van der Waals surface area contributed by atoms with Crippen LogP contribution in [0.5, 0.6) is 0 Å². The van der Waals surface area contributed by atoms with Crippen LogP contribution < -0.4 is 10.6 Å². The molecule has 3 aliphatic rings. The van der Waals surface area contributed by atoms with Crippen molar-refractivity contribution >= 4 is 23.7 Å². The molecule has 0 spiro atoms. The minimum absolute atomic E-state index is 0.0321. The molecule has 10 heteroatoms. The molecule has 10 nitrogen and oxygen atoms in total. The zero-order valence-corrected chi connectivity index (χ0v) is 21.8. The predicted molar refractivity (Wildman–Crippen MR) is 135 cm³/mol. The number of nitrogens with zero attached hydrogens (tertiary/aromatic N) is 3. The molecule has 0 aromatic carbocycles. The summed E-state index contributed by atoms with van der Waals surface area (Å²) in [7, 11) is 0. The quantitative estimate of drug-likeness (QED) is 0.460. The van der Waals surface area contributed by atoms with Gasteiger partial charge in [-0.3, -0.25) is 19.4 Å². The van der Waals surface area contributed by atoms with Crippen LogP contribution in [0.4, 0.5) is 0 Å². The van der Waals surface area contributed by atoms with Crippen LogP contribution >= 0.6 is 0 Å². The molecule has 4 rings (SSSR count). The van der Waals surface area contributed by atoms with Gasteiger partial charge < -0.3 is 20.6 Å². The van der Waals surface area contributed by atoms with Crippen LogP contribution in [-0.2, 0) is 14.4 Å². The minimum Gasteiger partial charge on any atom is -0.480 e. The number of hydrogen-bond donors (Lipinski definition) is 3. The zero-order chi connectivity index (χ0) is 26.5. The molecular weight excluding hydrogens is 474 g/mol. The van der Waals surface area contributed by atoms with Gasteiger partial charge in [-0.2, -0.15) is 0 Å². The Morgan fingerprint density at radius 1 is 1.03 bits per heavy atom. The number of carboxylic acids is 1. The van der Waals surface area contributed by atoms with Gasteiger partial charge in [-0.05, 0) is 42.9 Å². The van der Waals surface area contributed by atoms with Crippen molar-refractivity contribution in [2.75, 3.05) is 6.54 Å². The lowest BCUT2D eigenvalue weighted by atomic mass is 9.84. The van der Waals surface area contributed by atoms with Gasteiger partial charge in [0.2, 0.25) is 11.8 Å². The first-order valence-electron chi connectivity index (χ1n) is 13.7. The molecule has 2 heterocycles. The van der Waals surface area contributed by atoms with Crippen molar-refractivity contribution in [1.82, 2.24) is 25.5 Å². The first kappa shape index (κ1) is 27.0. The third-order valence-electron chi connectivity index (χ3n) is 8.37. The fourth-order valence-electron chi connectivity index (χ4n) is 6.43. The van der Waals surface area contributed by atoms with Gasteiger partial charge in [0.15, 0.2) is 0 Å². The number of carboxylic acid groups (broad SMARTS) is 1. The van der Waals surface area contributed by atoms with Gasteiger partial charge in [0.1, 0.15) is 23.8 Å². The highest BCUT2D eigenvalue weighted by atomic mass is 16.4. The number of amides is 3. The van der Waals surface area contributed by atoms with Crippen LogP contribution in [0.1, 0.15) is 82.1 Å². The Labute approximate surface area is 218 Å². The molecule has 1 aromatic heterocycles. The molecule has 3 amide bonds. The summed E-state index contributed by atoms with van der Waals surface area (Å²) in [6, 6.07) is -2.57. The fraction of sp³-hybridized carbons (Fsp3) is 0.704. The van der Waals surface area contributed by atoms with E-state index in [0.29, 0.717) is 18.9 Å². The van der Waals surface area contributed by atoms with E-state index >= 15 is 0 Å². The van der Waals surface area contributed by atoms with Crippen molar-refractivity contribution in [1.29, 1.82) is 0 Å². The van der Waals surface area contributed by atoms with Crippen LogP contribution in [-0.4, -0.2) is 68.3 Å². The van der Waals surface area contributed by atoms with Gasteiger partial charge in [-0.1, -0.05) is 52.4 Å². The maximum absolute atomic E-state index is 13.7. The number of aliphatic carboxylic acids is 1. The van der Waals surface area contributed by atoms with Crippen molar-refractivity contribution in [3.05, 3.63) is 24.3 Å². The largest absolute Gasteiger partial charge is 0.480 e. The normalized spacial score (nSPS) is 25.4. The van der Waals surface area contributed by atoms with Gasteiger partial charge in [-0.25, -0.2) is 9.78 Å². The third-order valence-corrected chi connectivity index (χ3v) is 8.37. The second-order valence-electron chi connectivity index (χ2n) is 11.2. The van der Waals surface area contributed by atoms with E-state index in [1.165, 1.54) is 29.9 Å². The Balaban J connectivity index is 1.50. The summed E-state index contributed by atoms with van der Waals surface area (Å²) in [5.74, 6) is -2.05. The van der Waals surface area contributed by atoms with Gasteiger partial charge in [0.05, 0.1) is 6.20 Å². The molecule has 2 saturated carbocycles. The number of fused-ring (bicyclic) bond motifs is 1. The predicted octanol–water partition coefficient (Wildman–Crippen LogP) is 2.40. The molecule has 37 heavy (non-hydrogen) atoms. The van der Waals surface area contributed by atoms with Crippen LogP contribution in [0.15, 0.2) is 18.6 Å². The first-order valence-corrected chi connectivity index (χ1v) is 13.7. The van der Waals surface area contributed by atoms with Gasteiger partial charge in [0, 0.05) is 18.9 Å². The lowest BCUT2D eigenvalue weighted by molar-refractivity contribution is -0.151. The number of aromatic nitrogens is 2. The average molecular weight is 514 g/mol. The number of hydrogen-bond acceptors (Lipinski definition) is 6. The highest BCUT2D eigenvalue weighted by molar-refractivity contribution is 5.97. The van der Waals surface area contributed by atoms with Crippen molar-refractivity contribution in [3.8, 4) is 0 Å². The first-order chi connectivity index (χ1) is 17.8. The smallest absolute Gasteiger partial charge is 0.326 e. The summed E-state index contributed by atoms with van der Waals surface area (Å²) in [5, 5.41) is 15.6. The summed E-state index contributed by atoms with van der Waals surface area (Å²) < 4.78 is 0. The Kier molecular flexibility index (Phi) is 8.76. The van der Waals surface area contributed by atoms with E-state index in [2.05, 4.69) is 20.6 Å². The fourth-order valence-corrected chi connectivity index (χ4v) is 6.43. The van der Waals surface area contributed by atoms with Crippen LogP contribution in [0.25, 0.3) is 0 Å². The summed E-state index contributed by atoms with van der Waals surface area (Å²) in [6.45, 7) is 4.09. The van der Waals surface area contributed by atoms with E-state index in [0.717, 1.165) is 44.9 Å². The maximum atomic E-state index is 13.7. The molecule has 0 radical (unpaired) electrons. The van der Waals surface area contributed by atoms with Crippen LogP contribution in [0.3, 0.4) is 0 Å². The number of carbonyl (C=O) groups is 4. The van der Waals surface area contributed by atoms with E-state index in [4.69, 9.17) is 0 Å². The number of likely N-dealkylation sites (tertiary alicyclic amines) is 1. The highest BCUT2D eigenvalue weighted by Crippen LogP contribution is 2.42. The van der Waals surface area contributed by atoms with E-state index in [1.807, 2.05) is 13.8 Å². The molecule has 1 aromatic rings. The Hall–Kier alpha value is -3.04. The molecular formula is C27H39N5O5. The third kappa shape index (κ3) is 6.27. The molecule has 0 bridgehead atoms. The summed E-state index contributed by atoms with van der Waals surface area (Å²) in [4.78, 5) is 61.7. The molecule has 1 aliphatic heterocycles. The summed E-state index contributed by atoms with van der Waals surface area (Å²) >= 11 is 0. The van der Waals surface area contributed by atoms with Crippen molar-refractivity contribution in [3.63, 3.8) is 0 Å². The molecule has 1 saturated heterocycles. The topological polar surface area (TPSA) is 142 Å². The Morgan fingerprint density at radius 3 is 2.43 bits per heavy atom. The molecule has 5 atom stereocenters. The van der Waals surface area contributed by atoms with Crippen LogP contribution in [0, 0.1) is 23.7 Å². The van der Waals surface area contributed by atoms with E-state index in [1.54, 1.807) is 0 Å². The molecule has 3 fully saturated rings. The summed E-state index contributed by atoms with van der Waals surface area (Å²) in [5.41, 5.74) is 0.119. The van der Waals surface area contributed by atoms with Crippen molar-refractivity contribution in [2.24, 2.45) is 23.7 Å². The number of carbonyl (C=O) groups excluding carboxylic acids is 3. The zero-order valence-electron chi connectivity index (χ0n) is 21.8. The lowest BCUT2D eigenvalue weighted by Gasteiger charge is -2.32.